The first-order chi connectivity index (χ1) is 15.4. The van der Waals surface area contributed by atoms with Crippen molar-refractivity contribution in [1.29, 1.82) is 0 Å². The van der Waals surface area contributed by atoms with Crippen LogP contribution in [-0.2, 0) is 29.2 Å². The number of hydrogen-bond acceptors (Lipinski definition) is 7. The third kappa shape index (κ3) is 6.75. The Kier molecular flexibility index (Phi) is 8.60. The van der Waals surface area contributed by atoms with E-state index in [0.29, 0.717) is 45.6 Å². The van der Waals surface area contributed by atoms with E-state index in [2.05, 4.69) is 22.1 Å². The number of phenols is 1. The molecule has 9 nitrogen and oxygen atoms in total. The lowest BCUT2D eigenvalue weighted by Crippen LogP contribution is -2.47. The number of aryl methyl sites for hydroxylation is 1. The number of ether oxygens (including phenoxy) is 1. The zero-order chi connectivity index (χ0) is 23.1. The van der Waals surface area contributed by atoms with E-state index in [4.69, 9.17) is 4.74 Å². The van der Waals surface area contributed by atoms with Gasteiger partial charge in [0.1, 0.15) is 11.4 Å². The molecular weight excluding hydrogens is 410 g/mol. The Labute approximate surface area is 189 Å². The van der Waals surface area contributed by atoms with Crippen molar-refractivity contribution in [1.82, 2.24) is 24.8 Å². The monoisotopic (exact) mass is 445 g/mol. The topological polar surface area (TPSA) is 104 Å². The van der Waals surface area contributed by atoms with Gasteiger partial charge >= 0.3 is 0 Å². The Balaban J connectivity index is 1.75. The summed E-state index contributed by atoms with van der Waals surface area (Å²) in [6, 6.07) is 6.93. The van der Waals surface area contributed by atoms with Gasteiger partial charge < -0.3 is 19.8 Å². The lowest BCUT2D eigenvalue weighted by Gasteiger charge is -2.35. The average Bonchev–Trinajstić information content (AvgIpc) is 3.23. The second kappa shape index (κ2) is 11.4. The largest absolute Gasteiger partial charge is 0.508 e. The molecule has 0 aliphatic carbocycles. The SMILES string of the molecule is C[C@@H]1CN([C@@H](C)CO)C(=O)CCCn2cc(nn2)CO[C@@H]1CN(C)Cc1ccc(O)cc1. The number of carbonyl (C=O) groups is 1. The van der Waals surface area contributed by atoms with E-state index in [1.807, 2.05) is 32.3 Å². The number of aromatic nitrogens is 3. The lowest BCUT2D eigenvalue weighted by atomic mass is 10.0. The van der Waals surface area contributed by atoms with Gasteiger partial charge in [-0.25, -0.2) is 0 Å². The molecule has 2 heterocycles. The number of carbonyl (C=O) groups excluding carboxylic acids is 1. The minimum Gasteiger partial charge on any atom is -0.508 e. The van der Waals surface area contributed by atoms with Crippen molar-refractivity contribution in [2.45, 2.75) is 58.5 Å². The van der Waals surface area contributed by atoms with Gasteiger partial charge in [-0.3, -0.25) is 14.4 Å². The predicted octanol–water partition coefficient (Wildman–Crippen LogP) is 1.64. The molecule has 0 unspecified atom stereocenters. The molecule has 1 amide bonds. The molecule has 32 heavy (non-hydrogen) atoms. The number of aromatic hydroxyl groups is 1. The summed E-state index contributed by atoms with van der Waals surface area (Å²) < 4.78 is 8.04. The number of likely N-dealkylation sites (N-methyl/N-ethyl adjacent to an activating group) is 1. The Hall–Kier alpha value is -2.49. The second-order valence-electron chi connectivity index (χ2n) is 8.84. The number of phenolic OH excluding ortho intramolecular Hbond substituents is 1. The zero-order valence-corrected chi connectivity index (χ0v) is 19.2. The highest BCUT2D eigenvalue weighted by molar-refractivity contribution is 5.76. The molecule has 2 aromatic rings. The fraction of sp³-hybridized carbons (Fsp3) is 0.609. The van der Waals surface area contributed by atoms with E-state index in [1.54, 1.807) is 21.7 Å². The smallest absolute Gasteiger partial charge is 0.222 e. The van der Waals surface area contributed by atoms with Gasteiger partial charge in [-0.15, -0.1) is 5.10 Å². The number of nitrogens with zero attached hydrogens (tertiary/aromatic N) is 5. The number of aliphatic hydroxyl groups excluding tert-OH is 1. The van der Waals surface area contributed by atoms with E-state index in [1.165, 1.54) is 0 Å². The molecule has 176 valence electrons. The van der Waals surface area contributed by atoms with Crippen LogP contribution >= 0.6 is 0 Å². The van der Waals surface area contributed by atoms with Crippen molar-refractivity contribution < 1.29 is 19.7 Å². The fourth-order valence-corrected chi connectivity index (χ4v) is 3.98. The van der Waals surface area contributed by atoms with Gasteiger partial charge in [0, 0.05) is 38.5 Å². The van der Waals surface area contributed by atoms with Crippen LogP contribution in [0.1, 0.15) is 37.9 Å². The summed E-state index contributed by atoms with van der Waals surface area (Å²) in [7, 11) is 2.03. The van der Waals surface area contributed by atoms with Gasteiger partial charge in [-0.1, -0.05) is 24.3 Å². The van der Waals surface area contributed by atoms with Crippen molar-refractivity contribution >= 4 is 5.91 Å². The van der Waals surface area contributed by atoms with Crippen LogP contribution in [0.25, 0.3) is 0 Å². The highest BCUT2D eigenvalue weighted by Gasteiger charge is 2.28. The minimum atomic E-state index is -0.247. The van der Waals surface area contributed by atoms with Gasteiger partial charge in [-0.2, -0.15) is 0 Å². The quantitative estimate of drug-likeness (QED) is 0.697. The summed E-state index contributed by atoms with van der Waals surface area (Å²) in [6.07, 6.45) is 2.80. The third-order valence-corrected chi connectivity index (χ3v) is 5.93. The van der Waals surface area contributed by atoms with Crippen LogP contribution in [0.15, 0.2) is 30.5 Å². The normalized spacial score (nSPS) is 21.7. The van der Waals surface area contributed by atoms with Crippen molar-refractivity contribution in [2.24, 2.45) is 5.92 Å². The zero-order valence-electron chi connectivity index (χ0n) is 19.2. The molecule has 0 radical (unpaired) electrons. The summed E-state index contributed by atoms with van der Waals surface area (Å²) in [4.78, 5) is 16.9. The van der Waals surface area contributed by atoms with Gasteiger partial charge in [0.05, 0.1) is 31.6 Å². The summed E-state index contributed by atoms with van der Waals surface area (Å²) in [5, 5.41) is 27.6. The molecule has 9 heteroatoms. The molecule has 0 fully saturated rings. The molecule has 3 atom stereocenters. The average molecular weight is 446 g/mol. The van der Waals surface area contributed by atoms with E-state index in [0.717, 1.165) is 11.3 Å². The molecule has 2 N–H and O–H groups in total. The molecule has 1 aliphatic rings. The maximum atomic E-state index is 12.9. The summed E-state index contributed by atoms with van der Waals surface area (Å²) >= 11 is 0. The van der Waals surface area contributed by atoms with Crippen LogP contribution in [-0.4, -0.2) is 79.8 Å². The first kappa shape index (κ1) is 24.2. The highest BCUT2D eigenvalue weighted by Crippen LogP contribution is 2.18. The molecule has 1 aliphatic heterocycles. The fourth-order valence-electron chi connectivity index (χ4n) is 3.98. The number of fused-ring (bicyclic) bond motifs is 2. The second-order valence-corrected chi connectivity index (χ2v) is 8.84. The number of rotatable bonds is 6. The molecule has 3 rings (SSSR count). The highest BCUT2D eigenvalue weighted by atomic mass is 16.5. The molecular formula is C23H35N5O4. The van der Waals surface area contributed by atoms with E-state index in [9.17, 15) is 15.0 Å². The molecule has 2 bridgehead atoms. The van der Waals surface area contributed by atoms with E-state index in [-0.39, 0.29) is 36.3 Å². The number of hydrogen-bond donors (Lipinski definition) is 2. The molecule has 1 aromatic carbocycles. The number of aliphatic hydroxyl groups is 1. The first-order valence-electron chi connectivity index (χ1n) is 11.2. The maximum Gasteiger partial charge on any atom is 0.222 e. The van der Waals surface area contributed by atoms with Crippen LogP contribution in [0.5, 0.6) is 5.75 Å². The number of amides is 1. The molecule has 0 saturated carbocycles. The summed E-state index contributed by atoms with van der Waals surface area (Å²) in [6.45, 7) is 6.74. The molecule has 1 aromatic heterocycles. The van der Waals surface area contributed by atoms with Crippen molar-refractivity contribution in [2.75, 3.05) is 26.7 Å². The third-order valence-electron chi connectivity index (χ3n) is 5.93. The van der Waals surface area contributed by atoms with Gasteiger partial charge in [0.15, 0.2) is 0 Å². The van der Waals surface area contributed by atoms with Crippen LogP contribution in [0.3, 0.4) is 0 Å². The number of benzene rings is 1. The molecule has 0 saturated heterocycles. The van der Waals surface area contributed by atoms with E-state index >= 15 is 0 Å². The van der Waals surface area contributed by atoms with Crippen molar-refractivity contribution in [3.05, 3.63) is 41.7 Å². The van der Waals surface area contributed by atoms with E-state index < -0.39 is 0 Å². The lowest BCUT2D eigenvalue weighted by molar-refractivity contribution is -0.136. The Morgan fingerprint density at radius 1 is 1.31 bits per heavy atom. The van der Waals surface area contributed by atoms with Crippen LogP contribution in [0.4, 0.5) is 0 Å². The Morgan fingerprint density at radius 3 is 2.78 bits per heavy atom. The van der Waals surface area contributed by atoms with Crippen LogP contribution in [0.2, 0.25) is 0 Å². The standard InChI is InChI=1S/C23H35N5O4/c1-17-11-28(18(2)15-29)23(31)5-4-10-27-13-20(24-25-27)16-32-22(17)14-26(3)12-19-6-8-21(30)9-7-19/h6-9,13,17-18,22,29-30H,4-5,10-12,14-16H2,1-3H3/t17-,18+,22-/m1/s1. The van der Waals surface area contributed by atoms with Gasteiger partial charge in [-0.05, 0) is 38.1 Å². The van der Waals surface area contributed by atoms with Crippen LogP contribution < -0.4 is 0 Å². The van der Waals surface area contributed by atoms with Crippen LogP contribution in [0, 0.1) is 5.92 Å². The molecule has 0 spiro atoms. The Morgan fingerprint density at radius 2 is 2.06 bits per heavy atom. The Bertz CT molecular complexity index is 856. The predicted molar refractivity (Wildman–Crippen MR) is 120 cm³/mol. The first-order valence-corrected chi connectivity index (χ1v) is 11.2. The minimum absolute atomic E-state index is 0.0363. The van der Waals surface area contributed by atoms with Gasteiger partial charge in [0.2, 0.25) is 5.91 Å². The van der Waals surface area contributed by atoms with Crippen molar-refractivity contribution in [3.63, 3.8) is 0 Å². The summed E-state index contributed by atoms with van der Waals surface area (Å²) in [5.41, 5.74) is 1.87. The van der Waals surface area contributed by atoms with Gasteiger partial charge in [0.25, 0.3) is 0 Å². The summed E-state index contributed by atoms with van der Waals surface area (Å²) in [5.74, 6) is 0.333. The maximum absolute atomic E-state index is 12.9. The van der Waals surface area contributed by atoms with Crippen molar-refractivity contribution in [3.8, 4) is 5.75 Å².